The molecule has 20 heavy (non-hydrogen) atoms. The summed E-state index contributed by atoms with van der Waals surface area (Å²) in [5, 5.41) is 2.95. The van der Waals surface area contributed by atoms with Crippen molar-refractivity contribution in [2.45, 2.75) is 19.8 Å². The average molecular weight is 267 g/mol. The summed E-state index contributed by atoms with van der Waals surface area (Å²) in [6.07, 6.45) is 1.32. The third kappa shape index (κ3) is 2.67. The minimum Gasteiger partial charge on any atom is -0.493 e. The van der Waals surface area contributed by atoms with E-state index in [4.69, 9.17) is 4.74 Å². The SMILES string of the molecule is Cc1ccccc1CC(=O)Nc1ccc2c(c1)CCO2. The van der Waals surface area contributed by atoms with E-state index in [2.05, 4.69) is 5.32 Å². The van der Waals surface area contributed by atoms with Crippen molar-refractivity contribution in [3.8, 4) is 5.75 Å². The highest BCUT2D eigenvalue weighted by Crippen LogP contribution is 2.27. The highest BCUT2D eigenvalue weighted by molar-refractivity contribution is 5.92. The monoisotopic (exact) mass is 267 g/mol. The quantitative estimate of drug-likeness (QED) is 0.928. The minimum atomic E-state index is 0.0122. The number of amides is 1. The van der Waals surface area contributed by atoms with Crippen molar-refractivity contribution in [3.63, 3.8) is 0 Å². The molecule has 0 aliphatic carbocycles. The standard InChI is InChI=1S/C17H17NO2/c1-12-4-2-3-5-13(12)11-17(19)18-15-6-7-16-14(10-15)8-9-20-16/h2-7,10H,8-9,11H2,1H3,(H,18,19). The Labute approximate surface area is 118 Å². The molecule has 1 aliphatic rings. The van der Waals surface area contributed by atoms with Crippen LogP contribution in [0.4, 0.5) is 5.69 Å². The van der Waals surface area contributed by atoms with Gasteiger partial charge in [0.1, 0.15) is 5.75 Å². The molecule has 0 fully saturated rings. The zero-order valence-corrected chi connectivity index (χ0v) is 11.5. The zero-order chi connectivity index (χ0) is 13.9. The highest BCUT2D eigenvalue weighted by Gasteiger charge is 2.13. The molecule has 0 saturated heterocycles. The third-order valence-corrected chi connectivity index (χ3v) is 3.59. The van der Waals surface area contributed by atoms with E-state index in [9.17, 15) is 4.79 Å². The van der Waals surface area contributed by atoms with E-state index in [0.29, 0.717) is 6.42 Å². The van der Waals surface area contributed by atoms with Crippen molar-refractivity contribution in [1.82, 2.24) is 0 Å². The van der Waals surface area contributed by atoms with Gasteiger partial charge in [-0.1, -0.05) is 24.3 Å². The fourth-order valence-electron chi connectivity index (χ4n) is 2.45. The molecule has 0 spiro atoms. The zero-order valence-electron chi connectivity index (χ0n) is 11.5. The molecule has 1 heterocycles. The number of carbonyl (C=O) groups excluding carboxylic acids is 1. The predicted octanol–water partition coefficient (Wildman–Crippen LogP) is 3.11. The molecule has 3 rings (SSSR count). The third-order valence-electron chi connectivity index (χ3n) is 3.59. The number of rotatable bonds is 3. The molecule has 3 heteroatoms. The van der Waals surface area contributed by atoms with Crippen molar-refractivity contribution in [2.24, 2.45) is 0 Å². The number of carbonyl (C=O) groups is 1. The van der Waals surface area contributed by atoms with Gasteiger partial charge in [-0.25, -0.2) is 0 Å². The van der Waals surface area contributed by atoms with Crippen LogP contribution in [0.1, 0.15) is 16.7 Å². The molecule has 0 aromatic heterocycles. The fraction of sp³-hybridized carbons (Fsp3) is 0.235. The van der Waals surface area contributed by atoms with Crippen LogP contribution in [-0.4, -0.2) is 12.5 Å². The van der Waals surface area contributed by atoms with Crippen LogP contribution in [0.25, 0.3) is 0 Å². The number of benzene rings is 2. The van der Waals surface area contributed by atoms with Crippen molar-refractivity contribution < 1.29 is 9.53 Å². The van der Waals surface area contributed by atoms with Gasteiger partial charge in [0.05, 0.1) is 13.0 Å². The van der Waals surface area contributed by atoms with Gasteiger partial charge in [-0.15, -0.1) is 0 Å². The first-order valence-corrected chi connectivity index (χ1v) is 6.82. The van der Waals surface area contributed by atoms with E-state index in [1.165, 1.54) is 5.56 Å². The van der Waals surface area contributed by atoms with Gasteiger partial charge in [-0.3, -0.25) is 4.79 Å². The van der Waals surface area contributed by atoms with Gasteiger partial charge in [-0.05, 0) is 41.8 Å². The van der Waals surface area contributed by atoms with Crippen LogP contribution in [0.15, 0.2) is 42.5 Å². The Morgan fingerprint density at radius 2 is 2.10 bits per heavy atom. The van der Waals surface area contributed by atoms with E-state index in [0.717, 1.165) is 35.6 Å². The van der Waals surface area contributed by atoms with Crippen LogP contribution in [0, 0.1) is 6.92 Å². The summed E-state index contributed by atoms with van der Waals surface area (Å²) in [7, 11) is 0. The minimum absolute atomic E-state index is 0.0122. The van der Waals surface area contributed by atoms with Crippen molar-refractivity contribution in [3.05, 3.63) is 59.2 Å². The molecule has 0 saturated carbocycles. The molecular weight excluding hydrogens is 250 g/mol. The lowest BCUT2D eigenvalue weighted by atomic mass is 10.1. The fourth-order valence-corrected chi connectivity index (χ4v) is 2.45. The number of nitrogens with one attached hydrogen (secondary N) is 1. The first kappa shape index (κ1) is 12.7. The summed E-state index contributed by atoms with van der Waals surface area (Å²) in [5.74, 6) is 0.945. The molecule has 0 bridgehead atoms. The normalized spacial score (nSPS) is 12.7. The van der Waals surface area contributed by atoms with Gasteiger partial charge in [0, 0.05) is 12.1 Å². The predicted molar refractivity (Wildman–Crippen MR) is 79.2 cm³/mol. The van der Waals surface area contributed by atoms with Gasteiger partial charge in [-0.2, -0.15) is 0 Å². The van der Waals surface area contributed by atoms with Gasteiger partial charge in [0.25, 0.3) is 0 Å². The lowest BCUT2D eigenvalue weighted by Crippen LogP contribution is -2.15. The number of hydrogen-bond donors (Lipinski definition) is 1. The summed E-state index contributed by atoms with van der Waals surface area (Å²) in [4.78, 5) is 12.1. The van der Waals surface area contributed by atoms with E-state index < -0.39 is 0 Å². The lowest BCUT2D eigenvalue weighted by Gasteiger charge is -2.08. The Bertz CT molecular complexity index is 649. The molecule has 0 atom stereocenters. The number of fused-ring (bicyclic) bond motifs is 1. The van der Waals surface area contributed by atoms with E-state index in [1.54, 1.807) is 0 Å². The number of hydrogen-bond acceptors (Lipinski definition) is 2. The maximum Gasteiger partial charge on any atom is 0.228 e. The molecule has 2 aromatic carbocycles. The second kappa shape index (κ2) is 5.37. The Morgan fingerprint density at radius 3 is 2.95 bits per heavy atom. The largest absolute Gasteiger partial charge is 0.493 e. The Morgan fingerprint density at radius 1 is 1.25 bits per heavy atom. The number of aryl methyl sites for hydroxylation is 1. The van der Waals surface area contributed by atoms with Gasteiger partial charge < -0.3 is 10.1 Å². The summed E-state index contributed by atoms with van der Waals surface area (Å²) in [6.45, 7) is 2.76. The van der Waals surface area contributed by atoms with E-state index in [1.807, 2.05) is 49.4 Å². The Kier molecular flexibility index (Phi) is 3.42. The van der Waals surface area contributed by atoms with E-state index in [-0.39, 0.29) is 5.91 Å². The Hall–Kier alpha value is -2.29. The second-order valence-corrected chi connectivity index (χ2v) is 5.07. The topological polar surface area (TPSA) is 38.3 Å². The van der Waals surface area contributed by atoms with Crippen LogP contribution in [0.2, 0.25) is 0 Å². The van der Waals surface area contributed by atoms with E-state index >= 15 is 0 Å². The maximum absolute atomic E-state index is 12.1. The summed E-state index contributed by atoms with van der Waals surface area (Å²) in [6, 6.07) is 13.8. The molecule has 1 aliphatic heterocycles. The van der Waals surface area contributed by atoms with Crippen LogP contribution in [-0.2, 0) is 17.6 Å². The molecule has 0 radical (unpaired) electrons. The molecule has 2 aromatic rings. The average Bonchev–Trinajstić information content (AvgIpc) is 2.89. The summed E-state index contributed by atoms with van der Waals surface area (Å²) in [5.41, 5.74) is 4.21. The summed E-state index contributed by atoms with van der Waals surface area (Å²) >= 11 is 0. The molecule has 0 unspecified atom stereocenters. The maximum atomic E-state index is 12.1. The second-order valence-electron chi connectivity index (χ2n) is 5.07. The number of anilines is 1. The van der Waals surface area contributed by atoms with Crippen molar-refractivity contribution in [1.29, 1.82) is 0 Å². The molecular formula is C17H17NO2. The van der Waals surface area contributed by atoms with Gasteiger partial charge in [0.15, 0.2) is 0 Å². The first-order valence-electron chi connectivity index (χ1n) is 6.82. The Balaban J connectivity index is 1.69. The lowest BCUT2D eigenvalue weighted by molar-refractivity contribution is -0.115. The molecule has 102 valence electrons. The smallest absolute Gasteiger partial charge is 0.228 e. The van der Waals surface area contributed by atoms with Gasteiger partial charge in [0.2, 0.25) is 5.91 Å². The van der Waals surface area contributed by atoms with Gasteiger partial charge >= 0.3 is 0 Å². The first-order chi connectivity index (χ1) is 9.72. The van der Waals surface area contributed by atoms with Crippen LogP contribution in [0.5, 0.6) is 5.75 Å². The molecule has 3 nitrogen and oxygen atoms in total. The highest BCUT2D eigenvalue weighted by atomic mass is 16.5. The van der Waals surface area contributed by atoms with Crippen molar-refractivity contribution in [2.75, 3.05) is 11.9 Å². The number of ether oxygens (including phenoxy) is 1. The van der Waals surface area contributed by atoms with Crippen LogP contribution >= 0.6 is 0 Å². The van der Waals surface area contributed by atoms with Crippen molar-refractivity contribution >= 4 is 11.6 Å². The molecule has 1 amide bonds. The van der Waals surface area contributed by atoms with Crippen LogP contribution in [0.3, 0.4) is 0 Å². The summed E-state index contributed by atoms with van der Waals surface area (Å²) < 4.78 is 5.46. The molecule has 1 N–H and O–H groups in total. The van der Waals surface area contributed by atoms with Crippen LogP contribution < -0.4 is 10.1 Å².